The van der Waals surface area contributed by atoms with Crippen molar-refractivity contribution in [3.05, 3.63) is 0 Å². The average Bonchev–Trinajstić information content (AvgIpc) is 3.20. The second-order valence-electron chi connectivity index (χ2n) is 5.33. The first-order valence-electron chi connectivity index (χ1n) is 6.82. The molecule has 0 unspecified atom stereocenters. The van der Waals surface area contributed by atoms with Gasteiger partial charge in [0.05, 0.1) is 5.41 Å². The molecule has 0 atom stereocenters. The van der Waals surface area contributed by atoms with Crippen molar-refractivity contribution in [2.24, 2.45) is 11.1 Å². The van der Waals surface area contributed by atoms with Crippen molar-refractivity contribution in [3.63, 3.8) is 0 Å². The van der Waals surface area contributed by atoms with Gasteiger partial charge >= 0.3 is 0 Å². The lowest BCUT2D eigenvalue weighted by Crippen LogP contribution is -2.51. The molecule has 1 amide bonds. The van der Waals surface area contributed by atoms with Crippen LogP contribution in [0.5, 0.6) is 0 Å². The zero-order valence-electron chi connectivity index (χ0n) is 10.8. The Bertz CT molecular complexity index is 271. The molecule has 1 aliphatic carbocycles. The third-order valence-corrected chi connectivity index (χ3v) is 4.01. The largest absolute Gasteiger partial charge is 0.381 e. The molecule has 4 nitrogen and oxygen atoms in total. The van der Waals surface area contributed by atoms with Crippen molar-refractivity contribution in [1.29, 1.82) is 0 Å². The molecule has 98 valence electrons. The van der Waals surface area contributed by atoms with Crippen LogP contribution in [0.2, 0.25) is 0 Å². The molecule has 1 aliphatic heterocycles. The van der Waals surface area contributed by atoms with Crippen LogP contribution >= 0.6 is 0 Å². The lowest BCUT2D eigenvalue weighted by molar-refractivity contribution is -0.147. The lowest BCUT2D eigenvalue weighted by Gasteiger charge is -2.39. The molecule has 1 saturated carbocycles. The molecule has 2 fully saturated rings. The van der Waals surface area contributed by atoms with Gasteiger partial charge < -0.3 is 15.4 Å². The number of nitrogens with zero attached hydrogens (tertiary/aromatic N) is 1. The Hall–Kier alpha value is -0.610. The van der Waals surface area contributed by atoms with E-state index in [2.05, 4.69) is 11.8 Å². The second kappa shape index (κ2) is 5.36. The Morgan fingerprint density at radius 1 is 1.41 bits per heavy atom. The normalized spacial score (nSPS) is 23.4. The summed E-state index contributed by atoms with van der Waals surface area (Å²) in [5.74, 6) is 0.285. The van der Waals surface area contributed by atoms with E-state index in [4.69, 9.17) is 10.5 Å². The van der Waals surface area contributed by atoms with E-state index in [9.17, 15) is 4.79 Å². The first-order valence-corrected chi connectivity index (χ1v) is 6.82. The highest BCUT2D eigenvalue weighted by Gasteiger charge is 2.44. The Morgan fingerprint density at radius 3 is 2.53 bits per heavy atom. The highest BCUT2D eigenvalue weighted by atomic mass is 16.5. The third-order valence-electron chi connectivity index (χ3n) is 4.01. The number of rotatable bonds is 5. The molecule has 17 heavy (non-hydrogen) atoms. The van der Waals surface area contributed by atoms with Crippen LogP contribution in [-0.4, -0.2) is 43.2 Å². The SMILES string of the molecule is CCCN(C(=O)C1(CN)CCOCC1)C1CC1. The van der Waals surface area contributed by atoms with Gasteiger partial charge in [0, 0.05) is 32.3 Å². The van der Waals surface area contributed by atoms with Gasteiger partial charge in [0.2, 0.25) is 5.91 Å². The fourth-order valence-electron chi connectivity index (χ4n) is 2.65. The number of carbonyl (C=O) groups is 1. The van der Waals surface area contributed by atoms with Crippen molar-refractivity contribution < 1.29 is 9.53 Å². The summed E-state index contributed by atoms with van der Waals surface area (Å²) in [5, 5.41) is 0. The Balaban J connectivity index is 2.08. The molecule has 2 aliphatic rings. The molecule has 0 aromatic rings. The average molecular weight is 240 g/mol. The summed E-state index contributed by atoms with van der Waals surface area (Å²) in [5.41, 5.74) is 5.55. The van der Waals surface area contributed by atoms with E-state index in [1.54, 1.807) is 0 Å². The maximum atomic E-state index is 12.7. The zero-order chi connectivity index (χ0) is 12.3. The number of hydrogen-bond donors (Lipinski definition) is 1. The standard InChI is InChI=1S/C13H24N2O2/c1-2-7-15(11-3-4-11)12(16)13(10-14)5-8-17-9-6-13/h11H,2-10,14H2,1H3. The third kappa shape index (κ3) is 2.63. The Morgan fingerprint density at radius 2 is 2.06 bits per heavy atom. The summed E-state index contributed by atoms with van der Waals surface area (Å²) >= 11 is 0. The first kappa shape index (κ1) is 12.8. The van der Waals surface area contributed by atoms with Gasteiger partial charge in [-0.3, -0.25) is 4.79 Å². The van der Waals surface area contributed by atoms with Crippen molar-refractivity contribution >= 4 is 5.91 Å². The van der Waals surface area contributed by atoms with E-state index in [0.717, 1.165) is 25.8 Å². The van der Waals surface area contributed by atoms with E-state index >= 15 is 0 Å². The molecule has 1 heterocycles. The number of hydrogen-bond acceptors (Lipinski definition) is 3. The molecule has 0 spiro atoms. The minimum Gasteiger partial charge on any atom is -0.381 e. The minimum atomic E-state index is -0.337. The molecule has 0 bridgehead atoms. The van der Waals surface area contributed by atoms with Crippen molar-refractivity contribution in [3.8, 4) is 0 Å². The summed E-state index contributed by atoms with van der Waals surface area (Å²) in [7, 11) is 0. The summed E-state index contributed by atoms with van der Waals surface area (Å²) in [6.45, 7) is 4.82. The first-order chi connectivity index (χ1) is 8.23. The number of carbonyl (C=O) groups excluding carboxylic acids is 1. The predicted octanol–water partition coefficient (Wildman–Crippen LogP) is 1.14. The number of amides is 1. The zero-order valence-corrected chi connectivity index (χ0v) is 10.8. The van der Waals surface area contributed by atoms with Crippen LogP contribution in [0.3, 0.4) is 0 Å². The number of ether oxygens (including phenoxy) is 1. The van der Waals surface area contributed by atoms with E-state index in [0.29, 0.717) is 25.8 Å². The van der Waals surface area contributed by atoms with Crippen molar-refractivity contribution in [1.82, 2.24) is 4.90 Å². The van der Waals surface area contributed by atoms with Gasteiger partial charge in [-0.25, -0.2) is 0 Å². The smallest absolute Gasteiger partial charge is 0.230 e. The fourth-order valence-corrected chi connectivity index (χ4v) is 2.65. The van der Waals surface area contributed by atoms with Gasteiger partial charge in [0.25, 0.3) is 0 Å². The van der Waals surface area contributed by atoms with Gasteiger partial charge in [-0.2, -0.15) is 0 Å². The van der Waals surface area contributed by atoms with Gasteiger partial charge in [0.1, 0.15) is 0 Å². The molecular formula is C13H24N2O2. The van der Waals surface area contributed by atoms with E-state index in [1.165, 1.54) is 12.8 Å². The van der Waals surface area contributed by atoms with E-state index in [-0.39, 0.29) is 11.3 Å². The number of nitrogens with two attached hydrogens (primary N) is 1. The quantitative estimate of drug-likeness (QED) is 0.784. The van der Waals surface area contributed by atoms with Crippen molar-refractivity contribution in [2.75, 3.05) is 26.3 Å². The predicted molar refractivity (Wildman–Crippen MR) is 66.6 cm³/mol. The fraction of sp³-hybridized carbons (Fsp3) is 0.923. The molecular weight excluding hydrogens is 216 g/mol. The highest BCUT2D eigenvalue weighted by molar-refractivity contribution is 5.83. The lowest BCUT2D eigenvalue weighted by atomic mass is 9.78. The minimum absolute atomic E-state index is 0.285. The second-order valence-corrected chi connectivity index (χ2v) is 5.33. The molecule has 0 aromatic carbocycles. The molecule has 1 saturated heterocycles. The topological polar surface area (TPSA) is 55.6 Å². The summed E-state index contributed by atoms with van der Waals surface area (Å²) in [6.07, 6.45) is 4.94. The van der Waals surface area contributed by atoms with Gasteiger partial charge in [-0.15, -0.1) is 0 Å². The van der Waals surface area contributed by atoms with Crippen LogP contribution in [0.25, 0.3) is 0 Å². The highest BCUT2D eigenvalue weighted by Crippen LogP contribution is 2.36. The molecule has 2 N–H and O–H groups in total. The Labute approximate surface area is 103 Å². The van der Waals surface area contributed by atoms with Crippen molar-refractivity contribution in [2.45, 2.75) is 45.1 Å². The van der Waals surface area contributed by atoms with Gasteiger partial charge in [-0.05, 0) is 32.1 Å². The van der Waals surface area contributed by atoms with Crippen LogP contribution in [-0.2, 0) is 9.53 Å². The molecule has 0 aromatic heterocycles. The Kier molecular flexibility index (Phi) is 4.05. The van der Waals surface area contributed by atoms with Crippen LogP contribution < -0.4 is 5.73 Å². The maximum absolute atomic E-state index is 12.7. The summed E-state index contributed by atoms with van der Waals surface area (Å²) < 4.78 is 5.37. The van der Waals surface area contributed by atoms with E-state index < -0.39 is 0 Å². The van der Waals surface area contributed by atoms with Crippen LogP contribution in [0.1, 0.15) is 39.0 Å². The molecule has 0 radical (unpaired) electrons. The van der Waals surface area contributed by atoms with Crippen LogP contribution in [0.15, 0.2) is 0 Å². The van der Waals surface area contributed by atoms with Gasteiger partial charge in [-0.1, -0.05) is 6.92 Å². The van der Waals surface area contributed by atoms with Gasteiger partial charge in [0.15, 0.2) is 0 Å². The van der Waals surface area contributed by atoms with E-state index in [1.807, 2.05) is 0 Å². The maximum Gasteiger partial charge on any atom is 0.230 e. The molecule has 2 rings (SSSR count). The summed E-state index contributed by atoms with van der Waals surface area (Å²) in [6, 6.07) is 0.494. The van der Waals surface area contributed by atoms with Crippen LogP contribution in [0.4, 0.5) is 0 Å². The monoisotopic (exact) mass is 240 g/mol. The summed E-state index contributed by atoms with van der Waals surface area (Å²) in [4.78, 5) is 14.8. The van der Waals surface area contributed by atoms with Crippen LogP contribution in [0, 0.1) is 5.41 Å². The molecule has 4 heteroatoms.